The third-order valence-corrected chi connectivity index (χ3v) is 4.29. The Hall–Kier alpha value is -2.48. The molecule has 118 valence electrons. The SMILES string of the molecule is C=CC1=C(CC)Oc2ccc3c(c2C1)OC(C=C)=C(/C=C\C)C3. The number of fused-ring (bicyclic) bond motifs is 3. The fraction of sp³-hybridized carbons (Fsp3) is 0.238. The summed E-state index contributed by atoms with van der Waals surface area (Å²) >= 11 is 0. The Balaban J connectivity index is 2.06. The first-order valence-corrected chi connectivity index (χ1v) is 8.05. The predicted octanol–water partition coefficient (Wildman–Crippen LogP) is 5.42. The van der Waals surface area contributed by atoms with Crippen LogP contribution in [-0.2, 0) is 12.8 Å². The van der Waals surface area contributed by atoms with Crippen molar-refractivity contribution in [3.63, 3.8) is 0 Å². The lowest BCUT2D eigenvalue weighted by Crippen LogP contribution is -2.15. The molecule has 3 rings (SSSR count). The topological polar surface area (TPSA) is 18.5 Å². The highest BCUT2D eigenvalue weighted by molar-refractivity contribution is 5.59. The van der Waals surface area contributed by atoms with E-state index in [9.17, 15) is 0 Å². The van der Waals surface area contributed by atoms with Crippen molar-refractivity contribution in [3.05, 3.63) is 83.4 Å². The molecule has 0 saturated carbocycles. The highest BCUT2D eigenvalue weighted by Gasteiger charge is 2.26. The molecule has 2 nitrogen and oxygen atoms in total. The van der Waals surface area contributed by atoms with Gasteiger partial charge in [0.2, 0.25) is 0 Å². The first-order valence-electron chi connectivity index (χ1n) is 8.05. The maximum atomic E-state index is 6.18. The average Bonchev–Trinajstić information content (AvgIpc) is 2.59. The second-order valence-corrected chi connectivity index (χ2v) is 5.69. The van der Waals surface area contributed by atoms with Crippen LogP contribution in [0.2, 0.25) is 0 Å². The van der Waals surface area contributed by atoms with Crippen molar-refractivity contribution >= 4 is 0 Å². The smallest absolute Gasteiger partial charge is 0.138 e. The molecule has 2 aliphatic heterocycles. The van der Waals surface area contributed by atoms with Crippen molar-refractivity contribution in [1.82, 2.24) is 0 Å². The van der Waals surface area contributed by atoms with Crippen LogP contribution < -0.4 is 9.47 Å². The Morgan fingerprint density at radius 2 is 1.91 bits per heavy atom. The predicted molar refractivity (Wildman–Crippen MR) is 94.7 cm³/mol. The van der Waals surface area contributed by atoms with Gasteiger partial charge >= 0.3 is 0 Å². The van der Waals surface area contributed by atoms with Crippen LogP contribution in [0.1, 0.15) is 31.4 Å². The van der Waals surface area contributed by atoms with E-state index in [2.05, 4.69) is 38.3 Å². The third kappa shape index (κ3) is 2.65. The Morgan fingerprint density at radius 1 is 1.09 bits per heavy atom. The van der Waals surface area contributed by atoms with Gasteiger partial charge in [-0.3, -0.25) is 0 Å². The summed E-state index contributed by atoms with van der Waals surface area (Å²) in [6.07, 6.45) is 10.3. The average molecular weight is 306 g/mol. The van der Waals surface area contributed by atoms with E-state index >= 15 is 0 Å². The van der Waals surface area contributed by atoms with Crippen molar-refractivity contribution in [2.75, 3.05) is 0 Å². The van der Waals surface area contributed by atoms with Crippen molar-refractivity contribution in [2.45, 2.75) is 33.1 Å². The van der Waals surface area contributed by atoms with Crippen LogP contribution in [0, 0.1) is 0 Å². The summed E-state index contributed by atoms with van der Waals surface area (Å²) in [4.78, 5) is 0. The Kier molecular flexibility index (Phi) is 4.24. The van der Waals surface area contributed by atoms with Crippen LogP contribution in [0.4, 0.5) is 0 Å². The first kappa shape index (κ1) is 15.4. The van der Waals surface area contributed by atoms with Gasteiger partial charge in [0.05, 0.1) is 0 Å². The van der Waals surface area contributed by atoms with Gasteiger partial charge in [0.15, 0.2) is 0 Å². The highest BCUT2D eigenvalue weighted by atomic mass is 16.5. The molecule has 1 aromatic carbocycles. The van der Waals surface area contributed by atoms with Crippen LogP contribution >= 0.6 is 0 Å². The first-order chi connectivity index (χ1) is 11.2. The molecule has 2 heteroatoms. The second kappa shape index (κ2) is 6.33. The number of ether oxygens (including phenoxy) is 2. The molecule has 1 aromatic rings. The zero-order valence-corrected chi connectivity index (χ0v) is 13.8. The summed E-state index contributed by atoms with van der Waals surface area (Å²) in [6, 6.07) is 4.16. The van der Waals surface area contributed by atoms with E-state index in [0.29, 0.717) is 0 Å². The van der Waals surface area contributed by atoms with Gasteiger partial charge in [0.25, 0.3) is 0 Å². The molecule has 2 heterocycles. The second-order valence-electron chi connectivity index (χ2n) is 5.69. The molecular weight excluding hydrogens is 284 g/mol. The summed E-state index contributed by atoms with van der Waals surface area (Å²) in [7, 11) is 0. The molecular formula is C21H22O2. The zero-order valence-electron chi connectivity index (χ0n) is 13.8. The summed E-state index contributed by atoms with van der Waals surface area (Å²) in [5.41, 5.74) is 4.59. The molecule has 0 bridgehead atoms. The van der Waals surface area contributed by atoms with Gasteiger partial charge in [-0.15, -0.1) is 0 Å². The standard InChI is InChI=1S/C21H22O2/c1-5-9-15-12-16-10-11-20-17(21(16)23-19(15)8-4)13-14(6-2)18(7-3)22-20/h5-6,8-11H,2,4,7,12-13H2,1,3H3/b9-5-. The van der Waals surface area contributed by atoms with E-state index in [0.717, 1.165) is 59.0 Å². The van der Waals surface area contributed by atoms with Gasteiger partial charge in [-0.2, -0.15) is 0 Å². The van der Waals surface area contributed by atoms with Crippen molar-refractivity contribution in [3.8, 4) is 11.5 Å². The van der Waals surface area contributed by atoms with E-state index in [-0.39, 0.29) is 0 Å². The summed E-state index contributed by atoms with van der Waals surface area (Å²) < 4.78 is 12.2. The number of benzene rings is 1. The summed E-state index contributed by atoms with van der Waals surface area (Å²) in [5, 5.41) is 0. The van der Waals surface area contributed by atoms with Crippen molar-refractivity contribution in [1.29, 1.82) is 0 Å². The number of allylic oxidation sites excluding steroid dienone is 7. The van der Waals surface area contributed by atoms with E-state index in [1.54, 1.807) is 6.08 Å². The molecule has 0 atom stereocenters. The Labute approximate surface area is 138 Å². The minimum absolute atomic E-state index is 0.800. The number of hydrogen-bond acceptors (Lipinski definition) is 2. The maximum absolute atomic E-state index is 6.18. The van der Waals surface area contributed by atoms with Gasteiger partial charge in [-0.25, -0.2) is 0 Å². The monoisotopic (exact) mass is 306 g/mol. The lowest BCUT2D eigenvalue weighted by atomic mass is 9.92. The maximum Gasteiger partial charge on any atom is 0.138 e. The Morgan fingerprint density at radius 3 is 2.57 bits per heavy atom. The fourth-order valence-corrected chi connectivity index (χ4v) is 3.14. The summed E-state index contributed by atoms with van der Waals surface area (Å²) in [6.45, 7) is 11.9. The van der Waals surface area contributed by atoms with Crippen molar-refractivity contribution < 1.29 is 9.47 Å². The van der Waals surface area contributed by atoms with Crippen LogP contribution in [0.15, 0.2) is 72.3 Å². The number of hydrogen-bond donors (Lipinski definition) is 0. The number of rotatable bonds is 4. The van der Waals surface area contributed by atoms with E-state index in [1.165, 1.54) is 5.56 Å². The molecule has 0 spiro atoms. The third-order valence-electron chi connectivity index (χ3n) is 4.29. The van der Waals surface area contributed by atoms with E-state index < -0.39 is 0 Å². The molecule has 0 N–H and O–H groups in total. The van der Waals surface area contributed by atoms with Crippen LogP contribution in [0.25, 0.3) is 0 Å². The molecule has 0 fully saturated rings. The lowest BCUT2D eigenvalue weighted by Gasteiger charge is -2.28. The summed E-state index contributed by atoms with van der Waals surface area (Å²) in [5.74, 6) is 3.64. The molecule has 0 amide bonds. The van der Waals surface area contributed by atoms with Gasteiger partial charge in [0, 0.05) is 24.8 Å². The van der Waals surface area contributed by atoms with Crippen molar-refractivity contribution in [2.24, 2.45) is 0 Å². The molecule has 0 unspecified atom stereocenters. The minimum Gasteiger partial charge on any atom is -0.461 e. The highest BCUT2D eigenvalue weighted by Crippen LogP contribution is 2.43. The van der Waals surface area contributed by atoms with Gasteiger partial charge in [-0.1, -0.05) is 44.4 Å². The fourth-order valence-electron chi connectivity index (χ4n) is 3.14. The van der Waals surface area contributed by atoms with Crippen LogP contribution in [0.3, 0.4) is 0 Å². The van der Waals surface area contributed by atoms with Gasteiger partial charge in [-0.05, 0) is 35.8 Å². The Bertz CT molecular complexity index is 760. The normalized spacial score (nSPS) is 16.6. The largest absolute Gasteiger partial charge is 0.461 e. The molecule has 0 radical (unpaired) electrons. The van der Waals surface area contributed by atoms with E-state index in [1.807, 2.05) is 19.1 Å². The quantitative estimate of drug-likeness (QED) is 0.739. The molecule has 2 aliphatic rings. The van der Waals surface area contributed by atoms with Gasteiger partial charge < -0.3 is 9.47 Å². The minimum atomic E-state index is 0.800. The van der Waals surface area contributed by atoms with Gasteiger partial charge in [0.1, 0.15) is 23.0 Å². The zero-order chi connectivity index (χ0) is 16.4. The molecule has 23 heavy (non-hydrogen) atoms. The molecule has 0 aromatic heterocycles. The molecule has 0 aliphatic carbocycles. The van der Waals surface area contributed by atoms with E-state index in [4.69, 9.17) is 9.47 Å². The van der Waals surface area contributed by atoms with Crippen LogP contribution in [-0.4, -0.2) is 0 Å². The van der Waals surface area contributed by atoms with Crippen LogP contribution in [0.5, 0.6) is 11.5 Å². The lowest BCUT2D eigenvalue weighted by molar-refractivity contribution is 0.372. The molecule has 0 saturated heterocycles.